The first-order chi connectivity index (χ1) is 14.6. The average molecular weight is 414 g/mol. The van der Waals surface area contributed by atoms with Crippen LogP contribution in [0, 0.1) is 11.6 Å². The number of amides is 1. The van der Waals surface area contributed by atoms with E-state index in [1.807, 2.05) is 24.3 Å². The van der Waals surface area contributed by atoms with E-state index in [0.29, 0.717) is 6.54 Å². The molecule has 1 saturated heterocycles. The zero-order valence-corrected chi connectivity index (χ0v) is 16.3. The zero-order valence-electron chi connectivity index (χ0n) is 16.3. The van der Waals surface area contributed by atoms with Crippen molar-refractivity contribution in [3.8, 4) is 11.5 Å². The normalized spacial score (nSPS) is 16.0. The van der Waals surface area contributed by atoms with E-state index in [0.717, 1.165) is 36.3 Å². The van der Waals surface area contributed by atoms with E-state index in [9.17, 15) is 13.6 Å². The summed E-state index contributed by atoms with van der Waals surface area (Å²) in [5, 5.41) is 3.82. The first kappa shape index (κ1) is 19.9. The first-order valence-corrected chi connectivity index (χ1v) is 9.54. The van der Waals surface area contributed by atoms with Gasteiger partial charge in [-0.1, -0.05) is 23.4 Å². The summed E-state index contributed by atoms with van der Waals surface area (Å²) in [5.41, 5.74) is 1.11. The Hall–Kier alpha value is -3.42. The van der Waals surface area contributed by atoms with Crippen LogP contribution in [-0.2, 0) is 6.61 Å². The fraction of sp³-hybridized carbons (Fsp3) is 0.273. The molecular formula is C22H20F2N2O4. The van der Waals surface area contributed by atoms with Crippen molar-refractivity contribution < 1.29 is 27.6 Å². The second-order valence-corrected chi connectivity index (χ2v) is 6.95. The van der Waals surface area contributed by atoms with Crippen LogP contribution in [-0.4, -0.2) is 29.6 Å². The number of nitrogens with zero attached hydrogens (tertiary/aromatic N) is 2. The van der Waals surface area contributed by atoms with E-state index >= 15 is 0 Å². The van der Waals surface area contributed by atoms with Crippen LogP contribution >= 0.6 is 0 Å². The molecule has 4 rings (SSSR count). The quantitative estimate of drug-likeness (QED) is 0.594. The topological polar surface area (TPSA) is 64.8 Å². The van der Waals surface area contributed by atoms with Gasteiger partial charge in [-0.2, -0.15) is 0 Å². The highest BCUT2D eigenvalue weighted by molar-refractivity contribution is 5.92. The Labute approximate surface area is 172 Å². The summed E-state index contributed by atoms with van der Waals surface area (Å²) < 4.78 is 42.9. The van der Waals surface area contributed by atoms with E-state index in [1.54, 1.807) is 12.0 Å². The largest absolute Gasteiger partial charge is 0.497 e. The van der Waals surface area contributed by atoms with Crippen molar-refractivity contribution in [2.24, 2.45) is 0 Å². The van der Waals surface area contributed by atoms with Crippen molar-refractivity contribution >= 4 is 5.91 Å². The predicted octanol–water partition coefficient (Wildman–Crippen LogP) is 4.52. The van der Waals surface area contributed by atoms with Crippen LogP contribution in [0.4, 0.5) is 8.78 Å². The third kappa shape index (κ3) is 3.98. The lowest BCUT2D eigenvalue weighted by atomic mass is 10.0. The van der Waals surface area contributed by atoms with E-state index in [1.165, 1.54) is 12.1 Å². The van der Waals surface area contributed by atoms with Crippen LogP contribution in [0.3, 0.4) is 0 Å². The smallest absolute Gasteiger partial charge is 0.276 e. The van der Waals surface area contributed by atoms with Crippen LogP contribution in [0.2, 0.25) is 0 Å². The van der Waals surface area contributed by atoms with Crippen molar-refractivity contribution in [1.29, 1.82) is 0 Å². The number of carbonyl (C=O) groups is 1. The fourth-order valence-electron chi connectivity index (χ4n) is 3.60. The number of benzene rings is 2. The van der Waals surface area contributed by atoms with Crippen molar-refractivity contribution in [3.63, 3.8) is 0 Å². The average Bonchev–Trinajstić information content (AvgIpc) is 3.43. The number of methoxy groups -OCH3 is 1. The molecule has 30 heavy (non-hydrogen) atoms. The molecule has 0 unspecified atom stereocenters. The molecule has 6 nitrogen and oxygen atoms in total. The van der Waals surface area contributed by atoms with E-state index in [4.69, 9.17) is 14.0 Å². The number of halogens is 2. The number of para-hydroxylation sites is 1. The number of hydrogen-bond donors (Lipinski definition) is 0. The Balaban J connectivity index is 1.46. The fourth-order valence-corrected chi connectivity index (χ4v) is 3.60. The molecule has 1 atom stereocenters. The number of rotatable bonds is 6. The van der Waals surface area contributed by atoms with Gasteiger partial charge in [-0.3, -0.25) is 4.79 Å². The van der Waals surface area contributed by atoms with E-state index in [2.05, 4.69) is 5.16 Å². The van der Waals surface area contributed by atoms with Crippen LogP contribution < -0.4 is 9.47 Å². The van der Waals surface area contributed by atoms with Gasteiger partial charge in [0.05, 0.1) is 13.2 Å². The van der Waals surface area contributed by atoms with Gasteiger partial charge in [0.2, 0.25) is 0 Å². The molecule has 1 fully saturated rings. The van der Waals surface area contributed by atoms with Gasteiger partial charge in [-0.25, -0.2) is 8.78 Å². The van der Waals surface area contributed by atoms with Gasteiger partial charge in [0.1, 0.15) is 12.4 Å². The molecule has 1 amide bonds. The monoisotopic (exact) mass is 414 g/mol. The maximum atomic E-state index is 13.7. The Morgan fingerprint density at radius 3 is 2.73 bits per heavy atom. The summed E-state index contributed by atoms with van der Waals surface area (Å²) in [6.45, 7) is 0.345. The van der Waals surface area contributed by atoms with Crippen LogP contribution in [0.5, 0.6) is 11.5 Å². The maximum absolute atomic E-state index is 13.7. The lowest BCUT2D eigenvalue weighted by Gasteiger charge is -2.24. The van der Waals surface area contributed by atoms with Crippen LogP contribution in [0.1, 0.15) is 40.7 Å². The van der Waals surface area contributed by atoms with Gasteiger partial charge in [-0.15, -0.1) is 0 Å². The number of carbonyl (C=O) groups excluding carboxylic acids is 1. The minimum Gasteiger partial charge on any atom is -0.497 e. The van der Waals surface area contributed by atoms with E-state index < -0.39 is 17.4 Å². The third-order valence-corrected chi connectivity index (χ3v) is 5.05. The lowest BCUT2D eigenvalue weighted by Crippen LogP contribution is -2.30. The molecule has 0 N–H and O–H groups in total. The van der Waals surface area contributed by atoms with Gasteiger partial charge < -0.3 is 18.9 Å². The summed E-state index contributed by atoms with van der Waals surface area (Å²) in [6.07, 6.45) is 1.70. The Morgan fingerprint density at radius 2 is 1.97 bits per heavy atom. The molecule has 0 radical (unpaired) electrons. The number of aromatic nitrogens is 1. The molecule has 1 aliphatic heterocycles. The van der Waals surface area contributed by atoms with Gasteiger partial charge in [0.15, 0.2) is 28.8 Å². The van der Waals surface area contributed by atoms with Gasteiger partial charge >= 0.3 is 0 Å². The van der Waals surface area contributed by atoms with Crippen molar-refractivity contribution in [2.75, 3.05) is 13.7 Å². The van der Waals surface area contributed by atoms with Crippen LogP contribution in [0.15, 0.2) is 53.1 Å². The van der Waals surface area contributed by atoms with Gasteiger partial charge in [-0.05, 0) is 42.7 Å². The van der Waals surface area contributed by atoms with Gasteiger partial charge in [0.25, 0.3) is 5.91 Å². The summed E-state index contributed by atoms with van der Waals surface area (Å²) in [7, 11) is 1.60. The number of ether oxygens (including phenoxy) is 2. The van der Waals surface area contributed by atoms with Gasteiger partial charge in [0, 0.05) is 12.6 Å². The summed E-state index contributed by atoms with van der Waals surface area (Å²) in [5.74, 6) is -1.48. The molecule has 8 heteroatoms. The Kier molecular flexibility index (Phi) is 5.65. The highest BCUT2D eigenvalue weighted by Crippen LogP contribution is 2.34. The molecule has 0 bridgehead atoms. The molecular weight excluding hydrogens is 394 g/mol. The van der Waals surface area contributed by atoms with Crippen molar-refractivity contribution in [3.05, 3.63) is 77.2 Å². The summed E-state index contributed by atoms with van der Waals surface area (Å²) in [4.78, 5) is 14.7. The molecule has 1 aromatic heterocycles. The lowest BCUT2D eigenvalue weighted by molar-refractivity contribution is 0.0724. The molecule has 2 heterocycles. The van der Waals surface area contributed by atoms with Crippen molar-refractivity contribution in [1.82, 2.24) is 10.1 Å². The SMILES string of the molecule is COc1cccc([C@H]2CCCN2C(=O)c2cc(COc3c(F)cccc3F)on2)c1. The minimum absolute atomic E-state index is 0.0866. The zero-order chi connectivity index (χ0) is 21.1. The molecule has 2 aromatic carbocycles. The third-order valence-electron chi connectivity index (χ3n) is 5.05. The summed E-state index contributed by atoms with van der Waals surface area (Å²) in [6, 6.07) is 12.4. The Morgan fingerprint density at radius 1 is 1.20 bits per heavy atom. The first-order valence-electron chi connectivity index (χ1n) is 9.54. The minimum atomic E-state index is -0.816. The maximum Gasteiger partial charge on any atom is 0.276 e. The standard InChI is InChI=1S/C22H20F2N2O4/c1-28-15-6-2-5-14(11-15)20-9-4-10-26(20)22(27)19-12-16(30-25-19)13-29-21-17(23)7-3-8-18(21)24/h2-3,5-8,11-12,20H,4,9-10,13H2,1H3/t20-/m1/s1. The predicted molar refractivity (Wildman–Crippen MR) is 103 cm³/mol. The van der Waals surface area contributed by atoms with Crippen molar-refractivity contribution in [2.45, 2.75) is 25.5 Å². The molecule has 3 aromatic rings. The van der Waals surface area contributed by atoms with E-state index in [-0.39, 0.29) is 30.0 Å². The molecule has 1 aliphatic rings. The number of hydrogen-bond acceptors (Lipinski definition) is 5. The molecule has 156 valence electrons. The summed E-state index contributed by atoms with van der Waals surface area (Å²) >= 11 is 0. The second-order valence-electron chi connectivity index (χ2n) is 6.95. The number of likely N-dealkylation sites (tertiary alicyclic amines) is 1. The Bertz CT molecular complexity index is 1030. The highest BCUT2D eigenvalue weighted by Gasteiger charge is 2.32. The molecule has 0 aliphatic carbocycles. The van der Waals surface area contributed by atoms with Crippen LogP contribution in [0.25, 0.3) is 0 Å². The molecule has 0 spiro atoms. The highest BCUT2D eigenvalue weighted by atomic mass is 19.1. The second kappa shape index (κ2) is 8.52. The molecule has 0 saturated carbocycles.